The molecular weight excluding hydrogens is 179 g/mol. The molecule has 0 aliphatic heterocycles. The van der Waals surface area contributed by atoms with E-state index >= 15 is 0 Å². The third-order valence-electron chi connectivity index (χ3n) is 0.706. The van der Waals surface area contributed by atoms with E-state index in [0.717, 1.165) is 0 Å². The first kappa shape index (κ1) is 10.5. The molecule has 0 amide bonds. The number of carboxylic acid groups (broad SMARTS) is 1. The lowest BCUT2D eigenvalue weighted by molar-refractivity contribution is -0.147. The van der Waals surface area contributed by atoms with E-state index in [4.69, 9.17) is 20.0 Å². The van der Waals surface area contributed by atoms with Crippen molar-refractivity contribution in [1.29, 1.82) is 0 Å². The van der Waals surface area contributed by atoms with Crippen molar-refractivity contribution in [3.8, 4) is 0 Å². The maximum Gasteiger partial charge on any atom is 0.470 e. The average Bonchev–Trinajstić information content (AvgIpc) is 1.80. The predicted molar refractivity (Wildman–Crippen MR) is 31.6 cm³/mol. The summed E-state index contributed by atoms with van der Waals surface area (Å²) in [5, 5.41) is 16.3. The van der Waals surface area contributed by atoms with Gasteiger partial charge >= 0.3 is 13.8 Å². The molecule has 0 aromatic heterocycles. The van der Waals surface area contributed by atoms with Crippen molar-refractivity contribution in [2.24, 2.45) is 0 Å². The van der Waals surface area contributed by atoms with Crippen LogP contribution in [0.3, 0.4) is 0 Å². The topological polar surface area (TPSA) is 124 Å². The Kier molecular flexibility index (Phi) is 3.64. The first-order valence-corrected chi connectivity index (χ1v) is 3.97. The van der Waals surface area contributed by atoms with Crippen LogP contribution in [0.5, 0.6) is 0 Å². The van der Waals surface area contributed by atoms with Gasteiger partial charge in [0.25, 0.3) is 0 Å². The molecule has 0 heterocycles. The highest BCUT2D eigenvalue weighted by molar-refractivity contribution is 7.46. The molecule has 0 aromatic carbocycles. The Hall–Kier alpha value is -0.460. The third-order valence-corrected chi connectivity index (χ3v) is 1.23. The van der Waals surface area contributed by atoms with Crippen LogP contribution in [0.2, 0.25) is 0 Å². The lowest BCUT2D eigenvalue weighted by atomic mass is 10.4. The van der Waals surface area contributed by atoms with E-state index in [1.54, 1.807) is 0 Å². The zero-order valence-corrected chi connectivity index (χ0v) is 6.14. The summed E-state index contributed by atoms with van der Waals surface area (Å²) in [6.07, 6.45) is -1.88. The van der Waals surface area contributed by atoms with E-state index < -0.39 is 26.5 Å². The maximum atomic E-state index is 10.0. The van der Waals surface area contributed by atoms with Gasteiger partial charge < -0.3 is 20.0 Å². The van der Waals surface area contributed by atoms with Gasteiger partial charge in [-0.25, -0.2) is 9.36 Å². The molecule has 11 heavy (non-hydrogen) atoms. The standard InChI is InChI=1S/C3H7O7P/c4-1-2(3(5)6)10-11(7,8)9/h2,4H,1H2,(H,5,6)(H2,7,8,9). The second kappa shape index (κ2) is 3.80. The Bertz CT molecular complexity index is 182. The number of rotatable bonds is 4. The minimum absolute atomic E-state index is 0.986. The predicted octanol–water partition coefficient (Wildman–Crippen LogP) is -1.46. The van der Waals surface area contributed by atoms with Gasteiger partial charge in [-0.3, -0.25) is 4.52 Å². The van der Waals surface area contributed by atoms with E-state index in [0.29, 0.717) is 0 Å². The fourth-order valence-corrected chi connectivity index (χ4v) is 0.811. The summed E-state index contributed by atoms with van der Waals surface area (Å²) in [4.78, 5) is 26.1. The van der Waals surface area contributed by atoms with E-state index in [9.17, 15) is 9.36 Å². The molecule has 0 saturated heterocycles. The molecule has 66 valence electrons. The Balaban J connectivity index is 4.10. The number of carbonyl (C=O) groups is 1. The van der Waals surface area contributed by atoms with Crippen LogP contribution in [0.4, 0.5) is 0 Å². The van der Waals surface area contributed by atoms with Crippen LogP contribution in [-0.4, -0.2) is 38.7 Å². The fourth-order valence-electron chi connectivity index (χ4n) is 0.322. The van der Waals surface area contributed by atoms with Crippen molar-refractivity contribution < 1.29 is 33.9 Å². The molecule has 0 fully saturated rings. The van der Waals surface area contributed by atoms with E-state index in [1.165, 1.54) is 0 Å². The van der Waals surface area contributed by atoms with Crippen LogP contribution in [0.15, 0.2) is 0 Å². The molecular formula is C3H7O7P. The van der Waals surface area contributed by atoms with Gasteiger partial charge in [0.2, 0.25) is 0 Å². The normalized spacial score (nSPS) is 14.5. The van der Waals surface area contributed by atoms with Gasteiger partial charge in [0, 0.05) is 0 Å². The van der Waals surface area contributed by atoms with Crippen molar-refractivity contribution in [2.75, 3.05) is 6.61 Å². The molecule has 0 aromatic rings. The van der Waals surface area contributed by atoms with Gasteiger partial charge in [-0.2, -0.15) is 0 Å². The van der Waals surface area contributed by atoms with E-state index in [-0.39, 0.29) is 0 Å². The molecule has 0 rings (SSSR count). The highest BCUT2D eigenvalue weighted by Crippen LogP contribution is 2.37. The Labute approximate surface area is 61.5 Å². The smallest absolute Gasteiger partial charge is 0.470 e. The van der Waals surface area contributed by atoms with Crippen molar-refractivity contribution in [3.63, 3.8) is 0 Å². The molecule has 4 N–H and O–H groups in total. The van der Waals surface area contributed by atoms with Crippen molar-refractivity contribution in [3.05, 3.63) is 0 Å². The summed E-state index contributed by atoms with van der Waals surface area (Å²) in [5.74, 6) is -1.63. The Morgan fingerprint density at radius 1 is 1.55 bits per heavy atom. The lowest BCUT2D eigenvalue weighted by Crippen LogP contribution is -2.26. The minimum atomic E-state index is -4.83. The summed E-state index contributed by atoms with van der Waals surface area (Å²) >= 11 is 0. The summed E-state index contributed by atoms with van der Waals surface area (Å²) in [5.41, 5.74) is 0. The molecule has 8 heteroatoms. The first-order valence-electron chi connectivity index (χ1n) is 2.44. The third kappa shape index (κ3) is 4.88. The highest BCUT2D eigenvalue weighted by atomic mass is 31.2. The van der Waals surface area contributed by atoms with Crippen LogP contribution < -0.4 is 0 Å². The summed E-state index contributed by atoms with van der Waals surface area (Å²) in [7, 11) is -4.83. The van der Waals surface area contributed by atoms with Gasteiger partial charge in [0.1, 0.15) is 0 Å². The average molecular weight is 186 g/mol. The largest absolute Gasteiger partial charge is 0.479 e. The number of phosphoric ester groups is 1. The number of phosphoric acid groups is 1. The van der Waals surface area contributed by atoms with Gasteiger partial charge in [-0.05, 0) is 0 Å². The SMILES string of the molecule is O=C(O)C(CO)OP(=O)(O)O. The van der Waals surface area contributed by atoms with Crippen LogP contribution in [0.1, 0.15) is 0 Å². The van der Waals surface area contributed by atoms with Gasteiger partial charge in [0.05, 0.1) is 6.61 Å². The monoisotopic (exact) mass is 186 g/mol. The Morgan fingerprint density at radius 2 is 2.00 bits per heavy atom. The zero-order valence-electron chi connectivity index (χ0n) is 5.25. The number of aliphatic carboxylic acids is 1. The Morgan fingerprint density at radius 3 is 2.09 bits per heavy atom. The molecule has 1 unspecified atom stereocenters. The molecule has 0 aliphatic rings. The minimum Gasteiger partial charge on any atom is -0.479 e. The molecule has 0 aliphatic carbocycles. The second-order valence-electron chi connectivity index (χ2n) is 1.61. The number of hydrogen-bond acceptors (Lipinski definition) is 4. The van der Waals surface area contributed by atoms with Crippen molar-refractivity contribution in [2.45, 2.75) is 6.10 Å². The van der Waals surface area contributed by atoms with Crippen LogP contribution in [0, 0.1) is 0 Å². The van der Waals surface area contributed by atoms with Gasteiger partial charge in [-0.1, -0.05) is 0 Å². The van der Waals surface area contributed by atoms with Crippen LogP contribution >= 0.6 is 7.82 Å². The molecule has 0 saturated carbocycles. The first-order chi connectivity index (χ1) is 4.87. The number of hydrogen-bond donors (Lipinski definition) is 4. The number of aliphatic hydroxyl groups is 1. The second-order valence-corrected chi connectivity index (χ2v) is 2.80. The fraction of sp³-hybridized carbons (Fsp3) is 0.667. The van der Waals surface area contributed by atoms with Crippen molar-refractivity contribution >= 4 is 13.8 Å². The van der Waals surface area contributed by atoms with E-state index in [2.05, 4.69) is 4.52 Å². The highest BCUT2D eigenvalue weighted by Gasteiger charge is 2.26. The molecule has 1 atom stereocenters. The van der Waals surface area contributed by atoms with Crippen LogP contribution in [0.25, 0.3) is 0 Å². The quantitative estimate of drug-likeness (QED) is 0.395. The van der Waals surface area contributed by atoms with Gasteiger partial charge in [0.15, 0.2) is 6.10 Å². The molecule has 7 nitrogen and oxygen atoms in total. The lowest BCUT2D eigenvalue weighted by Gasteiger charge is -2.10. The summed E-state index contributed by atoms with van der Waals surface area (Å²) in [6.45, 7) is -0.986. The molecule has 0 spiro atoms. The zero-order chi connectivity index (χ0) is 9.07. The van der Waals surface area contributed by atoms with E-state index in [1.807, 2.05) is 0 Å². The van der Waals surface area contributed by atoms with Crippen molar-refractivity contribution in [1.82, 2.24) is 0 Å². The van der Waals surface area contributed by atoms with Crippen LogP contribution in [-0.2, 0) is 13.9 Å². The van der Waals surface area contributed by atoms with Gasteiger partial charge in [-0.15, -0.1) is 0 Å². The molecule has 0 bridgehead atoms. The summed E-state index contributed by atoms with van der Waals surface area (Å²) in [6, 6.07) is 0. The maximum absolute atomic E-state index is 10.0. The number of aliphatic hydroxyl groups excluding tert-OH is 1. The number of carboxylic acids is 1. The summed E-state index contributed by atoms with van der Waals surface area (Å²) < 4.78 is 13.7. The molecule has 0 radical (unpaired) electrons.